The van der Waals surface area contributed by atoms with E-state index < -0.39 is 0 Å². The van der Waals surface area contributed by atoms with Gasteiger partial charge in [-0.15, -0.1) is 37.2 Å². The number of hydrogen-bond donors (Lipinski definition) is 3. The number of benzene rings is 8. The number of halogens is 3. The van der Waals surface area contributed by atoms with E-state index in [9.17, 15) is 0 Å². The fraction of sp³-hybridized carbons (Fsp3) is 0.200. The van der Waals surface area contributed by atoms with Gasteiger partial charge in [-0.25, -0.2) is 0 Å². The lowest BCUT2D eigenvalue weighted by Crippen LogP contribution is -2.23. The monoisotopic (exact) mass is 667 g/mol. The summed E-state index contributed by atoms with van der Waals surface area (Å²) in [6, 6.07) is 40.4. The second-order valence-corrected chi connectivity index (χ2v) is 12.0. The Balaban J connectivity index is 0.00000139. The Hall–Kier alpha value is -3.57. The molecule has 0 radical (unpaired) electrons. The molecule has 0 aliphatic carbocycles. The fourth-order valence-corrected chi connectivity index (χ4v) is 7.12. The normalized spacial score (nSPS) is 11.4. The first-order chi connectivity index (χ1) is 21.3. The van der Waals surface area contributed by atoms with Crippen molar-refractivity contribution in [3.05, 3.63) is 115 Å². The van der Waals surface area contributed by atoms with E-state index in [2.05, 4.69) is 125 Å². The Bertz CT molecular complexity index is 2010. The van der Waals surface area contributed by atoms with Gasteiger partial charge in [-0.2, -0.15) is 0 Å². The van der Waals surface area contributed by atoms with Gasteiger partial charge in [-0.3, -0.25) is 0 Å². The Kier molecular flexibility index (Phi) is 10.9. The second kappa shape index (κ2) is 14.9. The third-order valence-electron chi connectivity index (χ3n) is 9.27. The lowest BCUT2D eigenvalue weighted by Gasteiger charge is -2.15. The average molecular weight is 669 g/mol. The molecule has 0 heterocycles. The molecule has 8 aromatic rings. The smallest absolute Gasteiger partial charge is 0.0420 e. The third kappa shape index (κ3) is 6.23. The molecule has 0 atom stereocenters. The molecule has 0 aromatic heterocycles. The standard InChI is InChI=1S/C40H37N3.3ClH/c1(2-25-43-36-21-18-32-13-11-28-7-4-9-30-17-20-35(36)40(32)38(28)30)22-41-23-5-24-42-26-33-15-14-31-12-10-27-6-3-8-29-16-19-34(33)39(31)37(27)29;;;/h3-4,6-21,41-43H,1-2,5,22-26H2;3*1H. The minimum Gasteiger partial charge on any atom is -0.385 e. The van der Waals surface area contributed by atoms with Gasteiger partial charge in [-0.05, 0) is 110 Å². The topological polar surface area (TPSA) is 36.1 Å². The van der Waals surface area contributed by atoms with Crippen molar-refractivity contribution in [2.24, 2.45) is 0 Å². The van der Waals surface area contributed by atoms with Crippen LogP contribution in [0.1, 0.15) is 24.8 Å². The first kappa shape index (κ1) is 33.8. The molecule has 0 aliphatic heterocycles. The van der Waals surface area contributed by atoms with E-state index in [1.54, 1.807) is 0 Å². The molecule has 3 nitrogen and oxygen atoms in total. The molecule has 0 saturated heterocycles. The molecule has 0 spiro atoms. The molecule has 0 saturated carbocycles. The highest BCUT2D eigenvalue weighted by Crippen LogP contribution is 2.38. The van der Waals surface area contributed by atoms with Crippen LogP contribution in [0.2, 0.25) is 0 Å². The minimum absolute atomic E-state index is 0. The summed E-state index contributed by atoms with van der Waals surface area (Å²) in [5.41, 5.74) is 2.63. The summed E-state index contributed by atoms with van der Waals surface area (Å²) in [4.78, 5) is 0. The van der Waals surface area contributed by atoms with Crippen LogP contribution in [-0.4, -0.2) is 26.2 Å². The molecular weight excluding hydrogens is 629 g/mol. The molecule has 0 fully saturated rings. The van der Waals surface area contributed by atoms with Crippen LogP contribution < -0.4 is 16.0 Å². The minimum atomic E-state index is 0. The molecule has 3 N–H and O–H groups in total. The molecule has 0 amide bonds. The zero-order chi connectivity index (χ0) is 28.6. The van der Waals surface area contributed by atoms with Crippen molar-refractivity contribution in [1.82, 2.24) is 10.6 Å². The van der Waals surface area contributed by atoms with E-state index >= 15 is 0 Å². The van der Waals surface area contributed by atoms with Crippen molar-refractivity contribution in [3.8, 4) is 0 Å². The van der Waals surface area contributed by atoms with E-state index in [1.807, 2.05) is 0 Å². The molecular formula is C40H40Cl3N3. The van der Waals surface area contributed by atoms with Crippen LogP contribution in [0.4, 0.5) is 5.69 Å². The highest BCUT2D eigenvalue weighted by atomic mass is 35.5. The van der Waals surface area contributed by atoms with Crippen LogP contribution in [0.25, 0.3) is 64.6 Å². The van der Waals surface area contributed by atoms with Gasteiger partial charge < -0.3 is 16.0 Å². The van der Waals surface area contributed by atoms with Gasteiger partial charge in [-0.1, -0.05) is 103 Å². The quantitative estimate of drug-likeness (QED) is 0.0896. The first-order valence-electron chi connectivity index (χ1n) is 15.8. The highest BCUT2D eigenvalue weighted by molar-refractivity contribution is 6.25. The van der Waals surface area contributed by atoms with Gasteiger partial charge in [0, 0.05) is 24.2 Å². The number of anilines is 1. The largest absolute Gasteiger partial charge is 0.385 e. The van der Waals surface area contributed by atoms with Gasteiger partial charge in [0.2, 0.25) is 0 Å². The molecule has 0 unspecified atom stereocenters. The summed E-state index contributed by atoms with van der Waals surface area (Å²) in [5, 5.41) is 27.3. The van der Waals surface area contributed by atoms with Gasteiger partial charge in [0.05, 0.1) is 0 Å². The first-order valence-corrected chi connectivity index (χ1v) is 15.8. The van der Waals surface area contributed by atoms with E-state index in [-0.39, 0.29) is 37.2 Å². The molecule has 236 valence electrons. The van der Waals surface area contributed by atoms with E-state index in [1.165, 1.54) is 82.3 Å². The average Bonchev–Trinajstić information content (AvgIpc) is 3.06. The molecule has 0 bridgehead atoms. The molecule has 6 heteroatoms. The maximum absolute atomic E-state index is 3.72. The molecule has 8 aromatic carbocycles. The third-order valence-corrected chi connectivity index (χ3v) is 9.27. The predicted octanol–water partition coefficient (Wildman–Crippen LogP) is 10.7. The van der Waals surface area contributed by atoms with Gasteiger partial charge in [0.15, 0.2) is 0 Å². The van der Waals surface area contributed by atoms with Gasteiger partial charge >= 0.3 is 0 Å². The maximum atomic E-state index is 3.72. The zero-order valence-corrected chi connectivity index (χ0v) is 28.2. The predicted molar refractivity (Wildman–Crippen MR) is 209 cm³/mol. The van der Waals surface area contributed by atoms with Crippen LogP contribution in [0.15, 0.2) is 109 Å². The van der Waals surface area contributed by atoms with Crippen molar-refractivity contribution in [2.75, 3.05) is 31.5 Å². The van der Waals surface area contributed by atoms with E-state index in [0.717, 1.165) is 45.6 Å². The van der Waals surface area contributed by atoms with Crippen molar-refractivity contribution in [1.29, 1.82) is 0 Å². The Labute approximate surface area is 289 Å². The lowest BCUT2D eigenvalue weighted by atomic mass is 9.92. The summed E-state index contributed by atoms with van der Waals surface area (Å²) < 4.78 is 0. The maximum Gasteiger partial charge on any atom is 0.0420 e. The van der Waals surface area contributed by atoms with Crippen LogP contribution >= 0.6 is 37.2 Å². The number of rotatable bonds is 12. The second-order valence-electron chi connectivity index (χ2n) is 12.0. The zero-order valence-electron chi connectivity index (χ0n) is 25.8. The Morgan fingerprint density at radius 2 is 0.826 bits per heavy atom. The Morgan fingerprint density at radius 1 is 0.370 bits per heavy atom. The van der Waals surface area contributed by atoms with Crippen molar-refractivity contribution >= 4 is 108 Å². The number of hydrogen-bond acceptors (Lipinski definition) is 3. The summed E-state index contributed by atoms with van der Waals surface area (Å²) in [6.07, 6.45) is 3.46. The summed E-state index contributed by atoms with van der Waals surface area (Å²) >= 11 is 0. The van der Waals surface area contributed by atoms with Crippen molar-refractivity contribution < 1.29 is 0 Å². The van der Waals surface area contributed by atoms with E-state index in [0.29, 0.717) is 0 Å². The van der Waals surface area contributed by atoms with Crippen molar-refractivity contribution in [2.45, 2.75) is 25.8 Å². The lowest BCUT2D eigenvalue weighted by molar-refractivity contribution is 0.579. The molecule has 46 heavy (non-hydrogen) atoms. The number of unbranched alkanes of at least 4 members (excludes halogenated alkanes) is 1. The SMILES string of the molecule is Cl.Cl.Cl.c1cc2ccc3ccc(CNCCCNCCCCNc4ccc5ccc6cccc7ccc4c5c67)c4ccc(c1)c2c34. The van der Waals surface area contributed by atoms with Gasteiger partial charge in [0.1, 0.15) is 0 Å². The van der Waals surface area contributed by atoms with Crippen LogP contribution in [0.3, 0.4) is 0 Å². The van der Waals surface area contributed by atoms with Crippen LogP contribution in [0.5, 0.6) is 0 Å². The molecule has 0 aliphatic rings. The summed E-state index contributed by atoms with van der Waals surface area (Å²) in [7, 11) is 0. The Morgan fingerprint density at radius 3 is 1.48 bits per heavy atom. The van der Waals surface area contributed by atoms with E-state index in [4.69, 9.17) is 0 Å². The van der Waals surface area contributed by atoms with Crippen LogP contribution in [0, 0.1) is 0 Å². The van der Waals surface area contributed by atoms with Gasteiger partial charge in [0.25, 0.3) is 0 Å². The molecule has 8 rings (SSSR count). The van der Waals surface area contributed by atoms with Crippen molar-refractivity contribution in [3.63, 3.8) is 0 Å². The fourth-order valence-electron chi connectivity index (χ4n) is 7.12. The summed E-state index contributed by atoms with van der Waals surface area (Å²) in [5.74, 6) is 0. The number of nitrogens with one attached hydrogen (secondary N) is 3. The van der Waals surface area contributed by atoms with Crippen LogP contribution in [-0.2, 0) is 6.54 Å². The summed E-state index contributed by atoms with van der Waals surface area (Å²) in [6.45, 7) is 5.03. The highest BCUT2D eigenvalue weighted by Gasteiger charge is 2.12.